The number of amides is 1. The normalized spacial score (nSPS) is 9.23. The van der Waals surface area contributed by atoms with Gasteiger partial charge in [0.05, 0.1) is 12.7 Å². The molecule has 0 fully saturated rings. The van der Waals surface area contributed by atoms with Crippen molar-refractivity contribution in [3.8, 4) is 6.07 Å². The number of rotatable bonds is 7. The van der Waals surface area contributed by atoms with Gasteiger partial charge >= 0.3 is 0 Å². The number of hydrogen-bond acceptors (Lipinski definition) is 3. The van der Waals surface area contributed by atoms with Crippen LogP contribution in [0.25, 0.3) is 0 Å². The summed E-state index contributed by atoms with van der Waals surface area (Å²) in [5.74, 6) is -0.00797. The minimum absolute atomic E-state index is 0.00797. The Morgan fingerprint density at radius 3 is 3.00 bits per heavy atom. The quantitative estimate of drug-likeness (QED) is 0.596. The van der Waals surface area contributed by atoms with Crippen molar-refractivity contribution < 1.29 is 9.53 Å². The van der Waals surface area contributed by atoms with Gasteiger partial charge in [-0.25, -0.2) is 0 Å². The van der Waals surface area contributed by atoms with Crippen molar-refractivity contribution in [2.75, 3.05) is 19.8 Å². The predicted molar refractivity (Wildman–Crippen MR) is 49.0 cm³/mol. The Labute approximate surface area is 78.9 Å². The van der Waals surface area contributed by atoms with Gasteiger partial charge in [0.25, 0.3) is 0 Å². The Morgan fingerprint density at radius 1 is 1.62 bits per heavy atom. The van der Waals surface area contributed by atoms with Crippen molar-refractivity contribution in [2.24, 2.45) is 0 Å². The second-order valence-corrected chi connectivity index (χ2v) is 2.56. The first-order chi connectivity index (χ1) is 6.31. The number of ether oxygens (including phenoxy) is 1. The molecule has 0 atom stereocenters. The smallest absolute Gasteiger partial charge is 0.222 e. The molecular formula is C9H16N2O2. The highest BCUT2D eigenvalue weighted by Gasteiger charge is 1.98. The van der Waals surface area contributed by atoms with Gasteiger partial charge in [-0.05, 0) is 13.3 Å². The summed E-state index contributed by atoms with van der Waals surface area (Å²) in [5.41, 5.74) is 0. The van der Waals surface area contributed by atoms with Crippen LogP contribution >= 0.6 is 0 Å². The van der Waals surface area contributed by atoms with Crippen LogP contribution in [0.3, 0.4) is 0 Å². The second kappa shape index (κ2) is 9.01. The van der Waals surface area contributed by atoms with Crippen LogP contribution in [0.2, 0.25) is 0 Å². The van der Waals surface area contributed by atoms with Gasteiger partial charge in [0, 0.05) is 26.0 Å². The standard InChI is InChI=1S/C9H16N2O2/c1-2-13-8-5-9(12)11-7-4-3-6-10/h2-5,7-8H2,1H3,(H,11,12). The molecule has 0 aromatic heterocycles. The first kappa shape index (κ1) is 11.9. The molecule has 0 aliphatic heterocycles. The zero-order valence-electron chi connectivity index (χ0n) is 8.01. The zero-order chi connectivity index (χ0) is 9.94. The molecule has 4 nitrogen and oxygen atoms in total. The van der Waals surface area contributed by atoms with Gasteiger partial charge in [-0.1, -0.05) is 0 Å². The minimum Gasteiger partial charge on any atom is -0.381 e. The molecule has 0 aromatic rings. The number of carbonyl (C=O) groups excluding carboxylic acids is 1. The molecule has 0 aliphatic rings. The summed E-state index contributed by atoms with van der Waals surface area (Å²) < 4.78 is 5.02. The van der Waals surface area contributed by atoms with Gasteiger partial charge in [0.1, 0.15) is 0 Å². The minimum atomic E-state index is -0.00797. The summed E-state index contributed by atoms with van der Waals surface area (Å²) in [5, 5.41) is 10.9. The number of nitriles is 1. The lowest BCUT2D eigenvalue weighted by Crippen LogP contribution is -2.25. The average molecular weight is 184 g/mol. The van der Waals surface area contributed by atoms with E-state index in [2.05, 4.69) is 5.32 Å². The van der Waals surface area contributed by atoms with Crippen LogP contribution in [0.4, 0.5) is 0 Å². The topological polar surface area (TPSA) is 62.1 Å². The highest BCUT2D eigenvalue weighted by molar-refractivity contribution is 5.75. The highest BCUT2D eigenvalue weighted by Crippen LogP contribution is 1.86. The molecule has 0 saturated heterocycles. The second-order valence-electron chi connectivity index (χ2n) is 2.56. The van der Waals surface area contributed by atoms with Crippen LogP contribution in [0, 0.1) is 11.3 Å². The van der Waals surface area contributed by atoms with Gasteiger partial charge < -0.3 is 10.1 Å². The van der Waals surface area contributed by atoms with Gasteiger partial charge in [-0.15, -0.1) is 0 Å². The van der Waals surface area contributed by atoms with Crippen molar-refractivity contribution in [1.82, 2.24) is 5.32 Å². The number of carbonyl (C=O) groups is 1. The summed E-state index contributed by atoms with van der Waals surface area (Å²) >= 11 is 0. The van der Waals surface area contributed by atoms with Crippen LogP contribution in [0.5, 0.6) is 0 Å². The van der Waals surface area contributed by atoms with E-state index in [0.29, 0.717) is 32.6 Å². The Bertz CT molecular complexity index is 175. The molecule has 4 heteroatoms. The molecule has 0 unspecified atom stereocenters. The molecule has 74 valence electrons. The number of nitrogens with one attached hydrogen (secondary N) is 1. The van der Waals surface area contributed by atoms with E-state index in [9.17, 15) is 4.79 Å². The van der Waals surface area contributed by atoms with Crippen LogP contribution < -0.4 is 5.32 Å². The van der Waals surface area contributed by atoms with E-state index in [1.807, 2.05) is 13.0 Å². The van der Waals surface area contributed by atoms with E-state index < -0.39 is 0 Å². The van der Waals surface area contributed by atoms with E-state index in [4.69, 9.17) is 10.00 Å². The lowest BCUT2D eigenvalue weighted by Gasteiger charge is -2.03. The highest BCUT2D eigenvalue weighted by atomic mass is 16.5. The van der Waals surface area contributed by atoms with Crippen molar-refractivity contribution in [2.45, 2.75) is 26.2 Å². The SMILES string of the molecule is CCOCCC(=O)NCCCC#N. The first-order valence-corrected chi connectivity index (χ1v) is 4.52. The molecule has 0 spiro atoms. The Morgan fingerprint density at radius 2 is 2.38 bits per heavy atom. The molecule has 1 amide bonds. The van der Waals surface area contributed by atoms with Crippen molar-refractivity contribution in [3.05, 3.63) is 0 Å². The molecule has 0 bridgehead atoms. The van der Waals surface area contributed by atoms with E-state index in [-0.39, 0.29) is 5.91 Å². The first-order valence-electron chi connectivity index (χ1n) is 4.52. The fourth-order valence-electron chi connectivity index (χ4n) is 0.793. The van der Waals surface area contributed by atoms with Crippen LogP contribution in [-0.2, 0) is 9.53 Å². The fourth-order valence-corrected chi connectivity index (χ4v) is 0.793. The van der Waals surface area contributed by atoms with E-state index >= 15 is 0 Å². The third-order valence-corrected chi connectivity index (χ3v) is 1.47. The van der Waals surface area contributed by atoms with E-state index in [1.165, 1.54) is 0 Å². The van der Waals surface area contributed by atoms with Gasteiger partial charge in [-0.2, -0.15) is 5.26 Å². The number of unbranched alkanes of at least 4 members (excludes halogenated alkanes) is 1. The summed E-state index contributed by atoms with van der Waals surface area (Å²) in [6.45, 7) is 3.59. The maximum atomic E-state index is 11.0. The Balaban J connectivity index is 3.16. The maximum absolute atomic E-state index is 11.0. The van der Waals surface area contributed by atoms with Gasteiger partial charge in [0.2, 0.25) is 5.91 Å². The maximum Gasteiger partial charge on any atom is 0.222 e. The summed E-state index contributed by atoms with van der Waals surface area (Å²) in [6.07, 6.45) is 1.61. The lowest BCUT2D eigenvalue weighted by molar-refractivity contribution is -0.122. The van der Waals surface area contributed by atoms with E-state index in [0.717, 1.165) is 6.42 Å². The molecule has 0 aromatic carbocycles. The van der Waals surface area contributed by atoms with E-state index in [1.54, 1.807) is 0 Å². The van der Waals surface area contributed by atoms with Gasteiger partial charge in [0.15, 0.2) is 0 Å². The van der Waals surface area contributed by atoms with Crippen LogP contribution in [0.15, 0.2) is 0 Å². The fraction of sp³-hybridized carbons (Fsp3) is 0.778. The molecule has 0 saturated carbocycles. The third kappa shape index (κ3) is 8.83. The molecule has 0 heterocycles. The predicted octanol–water partition coefficient (Wildman–Crippen LogP) is 0.833. The lowest BCUT2D eigenvalue weighted by atomic mass is 10.3. The summed E-state index contributed by atoms with van der Waals surface area (Å²) in [4.78, 5) is 11.0. The Hall–Kier alpha value is -1.08. The molecule has 0 aliphatic carbocycles. The average Bonchev–Trinajstić information content (AvgIpc) is 2.13. The zero-order valence-corrected chi connectivity index (χ0v) is 8.01. The van der Waals surface area contributed by atoms with Crippen molar-refractivity contribution >= 4 is 5.91 Å². The molecular weight excluding hydrogens is 168 g/mol. The molecule has 0 rings (SSSR count). The molecule has 13 heavy (non-hydrogen) atoms. The number of hydrogen-bond donors (Lipinski definition) is 1. The Kier molecular flexibility index (Phi) is 8.26. The molecule has 0 radical (unpaired) electrons. The monoisotopic (exact) mass is 184 g/mol. The van der Waals surface area contributed by atoms with Crippen molar-refractivity contribution in [1.29, 1.82) is 5.26 Å². The third-order valence-electron chi connectivity index (χ3n) is 1.47. The largest absolute Gasteiger partial charge is 0.381 e. The summed E-state index contributed by atoms with van der Waals surface area (Å²) in [6, 6.07) is 2.02. The number of nitrogens with zero attached hydrogens (tertiary/aromatic N) is 1. The van der Waals surface area contributed by atoms with Crippen LogP contribution in [0.1, 0.15) is 26.2 Å². The van der Waals surface area contributed by atoms with Gasteiger partial charge in [-0.3, -0.25) is 4.79 Å². The molecule has 1 N–H and O–H groups in total. The summed E-state index contributed by atoms with van der Waals surface area (Å²) in [7, 11) is 0. The van der Waals surface area contributed by atoms with Crippen molar-refractivity contribution in [3.63, 3.8) is 0 Å². The van der Waals surface area contributed by atoms with Crippen LogP contribution in [-0.4, -0.2) is 25.7 Å².